The van der Waals surface area contributed by atoms with Gasteiger partial charge in [-0.1, -0.05) is 148 Å². The second kappa shape index (κ2) is 74.7. The van der Waals surface area contributed by atoms with E-state index >= 15 is 19.2 Å². The molecule has 15 atom stereocenters. The molecule has 42 nitrogen and oxygen atoms in total. The van der Waals surface area contributed by atoms with Crippen LogP contribution >= 0.6 is 0 Å². The Morgan fingerprint density at radius 1 is 0.231 bits per heavy atom. The number of benzene rings is 1. The minimum Gasteiger partial charge on any atom is -0.355 e. The van der Waals surface area contributed by atoms with Gasteiger partial charge in [-0.2, -0.15) is 0 Å². The van der Waals surface area contributed by atoms with Crippen molar-refractivity contribution in [2.75, 3.05) is 52.4 Å². The van der Waals surface area contributed by atoms with E-state index in [9.17, 15) is 62.3 Å². The Morgan fingerprint density at radius 3 is 0.685 bits per heavy atom. The number of hydrazine groups is 1. The van der Waals surface area contributed by atoms with Gasteiger partial charge in [-0.25, -0.2) is 5.84 Å². The van der Waals surface area contributed by atoms with E-state index in [1.165, 1.54) is 0 Å². The Kier molecular flexibility index (Phi) is 68.4. The van der Waals surface area contributed by atoms with Crippen LogP contribution in [0.25, 0.3) is 0 Å². The first-order valence-corrected chi connectivity index (χ1v) is 52.5. The molecule has 0 aliphatic heterocycles. The van der Waals surface area contributed by atoms with Crippen molar-refractivity contribution >= 4 is 100 Å². The van der Waals surface area contributed by atoms with Crippen molar-refractivity contribution in [1.29, 1.82) is 0 Å². The minimum atomic E-state index is -1.43. The zero-order valence-corrected chi connectivity index (χ0v) is 88.8. The molecule has 33 N–H and O–H groups in total. The van der Waals surface area contributed by atoms with Gasteiger partial charge in [0.15, 0.2) is 0 Å². The standard InChI is InChI=1S/C101H187N25O17/c1-61(2)51-70(108)87(129)112-72(38-23-29-45-103)89(131)114-73(39-24-30-46-104)90(132)119-80(55-65(9)10)97(139)122-79(54-64(7)8)96(138)116-75(41-26-32-48-106)92(134)120-82(57-67(13)14)99(141)124-83(58-68(15)16)100(142)125-84(59-69-35-19-17-20-36-69)101(143)117-76(42-27-33-49-107)93(135)121-81(56-66(11)12)98(140)123-78(53-63(5)6)95(137)115-74(40-25-31-47-105)91(133)118-77(52-62(3)4)94(136)113-71(37-22-28-44-102)88(130)111-60-86(128)110-50-34-18-21-43-85(127)126-109/h17,19-20,35-36,61-68,70-84H,18,21-34,37-60,102-109H2,1-16H3,(H,110,128)(H,111,130)(H,112,129)(H,113,136)(H,114,131)(H,115,137)(H,116,138)(H,117,143)(H,118,133)(H,119,132)(H,120,134)(H,121,135)(H,122,139)(H,123,140)(H,124,141)(H,125,142)(H,126,127)/t70-,71-,72-,73-,74-,75-,76-,77-,78-,79-,80-,81-,82-,83-,84-/m0/s1. The van der Waals surface area contributed by atoms with E-state index in [-0.39, 0.29) is 176 Å². The first kappa shape index (κ1) is 131. The molecule has 0 heterocycles. The van der Waals surface area contributed by atoms with Crippen LogP contribution in [0.4, 0.5) is 0 Å². The fraction of sp³-hybridized carbons (Fsp3) is 0.772. The van der Waals surface area contributed by atoms with Crippen molar-refractivity contribution in [3.63, 3.8) is 0 Å². The highest BCUT2D eigenvalue weighted by molar-refractivity contribution is 6.01. The Bertz CT molecular complexity index is 3960. The lowest BCUT2D eigenvalue weighted by Gasteiger charge is -2.30. The summed E-state index contributed by atoms with van der Waals surface area (Å²) >= 11 is 0. The fourth-order valence-electron chi connectivity index (χ4n) is 16.2. The summed E-state index contributed by atoms with van der Waals surface area (Å²) in [6.45, 7) is 31.0. The van der Waals surface area contributed by atoms with Gasteiger partial charge in [-0.3, -0.25) is 86.9 Å². The first-order valence-electron chi connectivity index (χ1n) is 52.5. The molecular formula is C101H187N25O17. The number of carbonyl (C=O) groups excluding carboxylic acids is 17. The second-order valence-corrected chi connectivity index (χ2v) is 41.3. The molecule has 0 spiro atoms. The molecule has 0 aliphatic rings. The van der Waals surface area contributed by atoms with E-state index in [0.717, 1.165) is 0 Å². The topological polar surface area (TPSA) is 703 Å². The average molecular weight is 2020 g/mol. The smallest absolute Gasteiger partial charge is 0.243 e. The lowest BCUT2D eigenvalue weighted by Crippen LogP contribution is -2.61. The number of rotatable bonds is 79. The fourth-order valence-corrected chi connectivity index (χ4v) is 16.2. The molecular weight excluding hydrogens is 1840 g/mol. The molecule has 0 fully saturated rings. The van der Waals surface area contributed by atoms with Crippen molar-refractivity contribution in [2.24, 2.45) is 93.3 Å². The monoisotopic (exact) mass is 2020 g/mol. The number of amides is 17. The molecule has 17 amide bonds. The van der Waals surface area contributed by atoms with Gasteiger partial charge in [-0.05, 0) is 272 Å². The quantitative estimate of drug-likeness (QED) is 0.0189. The third kappa shape index (κ3) is 58.0. The Balaban J connectivity index is 3.85. The highest BCUT2D eigenvalue weighted by atomic mass is 16.2. The third-order valence-corrected chi connectivity index (χ3v) is 23.8. The van der Waals surface area contributed by atoms with Gasteiger partial charge in [0.1, 0.15) is 84.6 Å². The predicted octanol–water partition coefficient (Wildman–Crippen LogP) is 1.27. The van der Waals surface area contributed by atoms with Gasteiger partial charge in [0.25, 0.3) is 0 Å². The SMILES string of the molecule is CC(C)C[C@H](NC(=O)[C@H](CCCCN)NC(=O)[C@H](CC(C)C)NC(=O)[C@H](CC(C)C)NC(=O)[C@H](CCCCN)NC(=O)[C@H](Cc1ccccc1)NC(=O)[C@H](CC(C)C)NC(=O)[C@H](CC(C)C)NC(=O)[C@H](CCCCN)NC(=O)[C@H](CC(C)C)NC(=O)[C@H](CC(C)C)NC(=O)[C@H](CCCCN)NC(=O)[C@H](CCCCN)NC(=O)[C@@H](N)CC(C)C)C(=O)N[C@@H](CCCCN)C(=O)NCC(=O)NCCCCCC(=O)NN. The van der Waals surface area contributed by atoms with Crippen LogP contribution in [0.2, 0.25) is 0 Å². The van der Waals surface area contributed by atoms with E-state index < -0.39 is 192 Å². The molecule has 42 heteroatoms. The molecule has 1 aromatic carbocycles. The van der Waals surface area contributed by atoms with Crippen molar-refractivity contribution in [2.45, 2.75) is 400 Å². The summed E-state index contributed by atoms with van der Waals surface area (Å²) in [5.41, 5.74) is 44.3. The number of hydrogen-bond donors (Lipinski definition) is 25. The number of nitrogens with two attached hydrogens (primary N) is 8. The van der Waals surface area contributed by atoms with Gasteiger partial charge in [-0.15, -0.1) is 0 Å². The number of nitrogens with one attached hydrogen (secondary N) is 17. The Hall–Kier alpha value is -10.1. The molecule has 818 valence electrons. The first-order chi connectivity index (χ1) is 67.7. The van der Waals surface area contributed by atoms with Crippen LogP contribution in [-0.2, 0) is 87.9 Å². The molecule has 1 aromatic rings. The van der Waals surface area contributed by atoms with E-state index in [4.69, 9.17) is 46.0 Å². The summed E-state index contributed by atoms with van der Waals surface area (Å²) in [5.74, 6) is -8.06. The summed E-state index contributed by atoms with van der Waals surface area (Å²) in [6.07, 6.45) is 8.36. The normalized spacial score (nSPS) is 14.7. The zero-order chi connectivity index (χ0) is 108. The molecule has 0 aromatic heterocycles. The molecule has 0 saturated heterocycles. The number of unbranched alkanes of at least 4 members (excludes halogenated alkanes) is 8. The van der Waals surface area contributed by atoms with Gasteiger partial charge < -0.3 is 125 Å². The number of carbonyl (C=O) groups is 17. The predicted molar refractivity (Wildman–Crippen MR) is 555 cm³/mol. The summed E-state index contributed by atoms with van der Waals surface area (Å²) < 4.78 is 0. The van der Waals surface area contributed by atoms with Crippen molar-refractivity contribution in [1.82, 2.24) is 90.5 Å². The van der Waals surface area contributed by atoms with E-state index in [1.54, 1.807) is 30.3 Å². The van der Waals surface area contributed by atoms with Crippen LogP contribution in [0.1, 0.15) is 309 Å². The van der Waals surface area contributed by atoms with Crippen LogP contribution in [0, 0.1) is 47.3 Å². The van der Waals surface area contributed by atoms with Gasteiger partial charge in [0, 0.05) is 19.4 Å². The minimum absolute atomic E-state index is 0.00124. The Morgan fingerprint density at radius 2 is 0.448 bits per heavy atom. The molecule has 0 unspecified atom stereocenters. The summed E-state index contributed by atoms with van der Waals surface area (Å²) in [5, 5.41) is 45.0. The van der Waals surface area contributed by atoms with Crippen LogP contribution in [0.15, 0.2) is 30.3 Å². The second-order valence-electron chi connectivity index (χ2n) is 41.3. The lowest BCUT2D eigenvalue weighted by atomic mass is 9.98. The molecule has 0 aliphatic carbocycles. The highest BCUT2D eigenvalue weighted by Gasteiger charge is 2.40. The van der Waals surface area contributed by atoms with E-state index in [2.05, 4.69) is 90.5 Å². The third-order valence-electron chi connectivity index (χ3n) is 23.8. The lowest BCUT2D eigenvalue weighted by molar-refractivity contribution is -0.137. The van der Waals surface area contributed by atoms with E-state index in [1.807, 2.05) is 111 Å². The van der Waals surface area contributed by atoms with Crippen molar-refractivity contribution < 1.29 is 81.5 Å². The van der Waals surface area contributed by atoms with Crippen molar-refractivity contribution in [3.8, 4) is 0 Å². The summed E-state index contributed by atoms with van der Waals surface area (Å²) in [7, 11) is 0. The molecule has 0 saturated carbocycles. The van der Waals surface area contributed by atoms with Crippen molar-refractivity contribution in [3.05, 3.63) is 35.9 Å². The molecule has 1 rings (SSSR count). The van der Waals surface area contributed by atoms with Gasteiger partial charge in [0.05, 0.1) is 12.6 Å². The molecule has 0 bridgehead atoms. The maximum absolute atomic E-state index is 15.2. The summed E-state index contributed by atoms with van der Waals surface area (Å²) in [4.78, 5) is 244. The van der Waals surface area contributed by atoms with Gasteiger partial charge in [0.2, 0.25) is 100 Å². The molecule has 143 heavy (non-hydrogen) atoms. The van der Waals surface area contributed by atoms with Crippen LogP contribution in [0.5, 0.6) is 0 Å². The van der Waals surface area contributed by atoms with Crippen LogP contribution in [-0.4, -0.2) is 243 Å². The van der Waals surface area contributed by atoms with Crippen LogP contribution in [0.3, 0.4) is 0 Å². The van der Waals surface area contributed by atoms with E-state index in [0.29, 0.717) is 128 Å². The van der Waals surface area contributed by atoms with Crippen LogP contribution < -0.4 is 136 Å². The average Bonchev–Trinajstić information content (AvgIpc) is 0.845. The maximum atomic E-state index is 15.2. The largest absolute Gasteiger partial charge is 0.355 e. The van der Waals surface area contributed by atoms with Gasteiger partial charge >= 0.3 is 0 Å². The summed E-state index contributed by atoms with van der Waals surface area (Å²) in [6, 6.07) is -10.0. The molecule has 0 radical (unpaired) electrons. The zero-order valence-electron chi connectivity index (χ0n) is 88.8. The Labute approximate surface area is 850 Å². The number of hydrogen-bond acceptors (Lipinski definition) is 25. The maximum Gasteiger partial charge on any atom is 0.243 e. The highest BCUT2D eigenvalue weighted by Crippen LogP contribution is 2.20.